The third-order valence-corrected chi connectivity index (χ3v) is 5.93. The molecule has 2 aliphatic rings. The third kappa shape index (κ3) is 4.43. The molecule has 3 heterocycles. The zero-order valence-corrected chi connectivity index (χ0v) is 16.8. The smallest absolute Gasteiger partial charge is 0.325 e. The van der Waals surface area contributed by atoms with Crippen molar-refractivity contribution >= 4 is 5.91 Å². The van der Waals surface area contributed by atoms with Gasteiger partial charge < -0.3 is 10.3 Å². The molecular formula is C20H26N6O4. The van der Waals surface area contributed by atoms with E-state index in [2.05, 4.69) is 25.3 Å². The molecule has 0 saturated carbocycles. The van der Waals surface area contributed by atoms with Crippen molar-refractivity contribution in [2.24, 2.45) is 0 Å². The standard InChI is InChI=1S/C20H26N6O4/c27-17-10-13-4-3-6-16(13)24-26(17)9-8-25-7-2-1-5-14(25)11-21-18(28)15-12-22-20(30)23-19(15)29/h10,12,14H,1-9,11H2,(H,21,28)(H2,22,23,29,30). The highest BCUT2D eigenvalue weighted by Crippen LogP contribution is 2.18. The molecular weight excluding hydrogens is 388 g/mol. The van der Waals surface area contributed by atoms with Gasteiger partial charge in [0.25, 0.3) is 17.0 Å². The monoisotopic (exact) mass is 414 g/mol. The van der Waals surface area contributed by atoms with E-state index in [1.807, 2.05) is 0 Å². The minimum Gasteiger partial charge on any atom is -0.350 e. The largest absolute Gasteiger partial charge is 0.350 e. The van der Waals surface area contributed by atoms with E-state index in [4.69, 9.17) is 0 Å². The number of rotatable bonds is 6. The van der Waals surface area contributed by atoms with Crippen LogP contribution in [-0.2, 0) is 19.4 Å². The van der Waals surface area contributed by atoms with Gasteiger partial charge in [-0.15, -0.1) is 0 Å². The second-order valence-electron chi connectivity index (χ2n) is 7.91. The minimum atomic E-state index is -0.709. The van der Waals surface area contributed by atoms with E-state index < -0.39 is 17.2 Å². The van der Waals surface area contributed by atoms with Gasteiger partial charge in [-0.05, 0) is 44.2 Å². The molecule has 1 unspecified atom stereocenters. The van der Waals surface area contributed by atoms with Crippen molar-refractivity contribution in [1.82, 2.24) is 30.0 Å². The van der Waals surface area contributed by atoms with Crippen LogP contribution in [0.5, 0.6) is 0 Å². The average Bonchev–Trinajstić information content (AvgIpc) is 3.18. The number of amides is 1. The maximum absolute atomic E-state index is 12.3. The first-order chi connectivity index (χ1) is 14.5. The highest BCUT2D eigenvalue weighted by molar-refractivity contribution is 5.93. The number of aromatic nitrogens is 4. The van der Waals surface area contributed by atoms with E-state index in [-0.39, 0.29) is 17.2 Å². The number of piperidine rings is 1. The fourth-order valence-electron chi connectivity index (χ4n) is 4.29. The Labute approximate surface area is 172 Å². The molecule has 10 heteroatoms. The van der Waals surface area contributed by atoms with Crippen molar-refractivity contribution in [3.05, 3.63) is 60.3 Å². The lowest BCUT2D eigenvalue weighted by Crippen LogP contribution is -2.48. The van der Waals surface area contributed by atoms with E-state index in [1.54, 1.807) is 10.7 Å². The predicted molar refractivity (Wildman–Crippen MR) is 110 cm³/mol. The van der Waals surface area contributed by atoms with E-state index in [9.17, 15) is 19.2 Å². The number of aryl methyl sites for hydroxylation is 2. The van der Waals surface area contributed by atoms with Gasteiger partial charge in [0, 0.05) is 31.4 Å². The normalized spacial score (nSPS) is 18.9. The maximum Gasteiger partial charge on any atom is 0.325 e. The Morgan fingerprint density at radius 1 is 1.17 bits per heavy atom. The quantitative estimate of drug-likeness (QED) is 0.578. The number of fused-ring (bicyclic) bond motifs is 1. The van der Waals surface area contributed by atoms with Gasteiger partial charge >= 0.3 is 5.69 Å². The number of carbonyl (C=O) groups is 1. The molecule has 3 N–H and O–H groups in total. The van der Waals surface area contributed by atoms with E-state index in [0.717, 1.165) is 62.5 Å². The molecule has 1 aliphatic carbocycles. The number of nitrogens with zero attached hydrogens (tertiary/aromatic N) is 3. The van der Waals surface area contributed by atoms with E-state index in [0.29, 0.717) is 19.6 Å². The van der Waals surface area contributed by atoms with Crippen molar-refractivity contribution in [2.45, 2.75) is 51.1 Å². The zero-order chi connectivity index (χ0) is 21.1. The van der Waals surface area contributed by atoms with Gasteiger partial charge in [0.15, 0.2) is 0 Å². The van der Waals surface area contributed by atoms with Gasteiger partial charge in [-0.2, -0.15) is 5.10 Å². The lowest BCUT2D eigenvalue weighted by molar-refractivity contribution is 0.0907. The van der Waals surface area contributed by atoms with Crippen LogP contribution < -0.4 is 22.1 Å². The summed E-state index contributed by atoms with van der Waals surface area (Å²) in [5.41, 5.74) is 0.570. The van der Waals surface area contributed by atoms with Gasteiger partial charge in [0.1, 0.15) is 5.56 Å². The van der Waals surface area contributed by atoms with Crippen molar-refractivity contribution in [2.75, 3.05) is 19.6 Å². The number of likely N-dealkylation sites (tertiary alicyclic amines) is 1. The second-order valence-corrected chi connectivity index (χ2v) is 7.91. The Balaban J connectivity index is 1.37. The van der Waals surface area contributed by atoms with Crippen LogP contribution in [0.15, 0.2) is 26.6 Å². The van der Waals surface area contributed by atoms with Gasteiger partial charge in [-0.1, -0.05) is 6.42 Å². The summed E-state index contributed by atoms with van der Waals surface area (Å²) in [6, 6.07) is 1.83. The van der Waals surface area contributed by atoms with Gasteiger partial charge in [0.05, 0.1) is 12.2 Å². The summed E-state index contributed by atoms with van der Waals surface area (Å²) in [4.78, 5) is 54.2. The van der Waals surface area contributed by atoms with Crippen LogP contribution in [0.2, 0.25) is 0 Å². The van der Waals surface area contributed by atoms with Gasteiger partial charge in [-0.25, -0.2) is 9.48 Å². The first-order valence-corrected chi connectivity index (χ1v) is 10.5. The molecule has 30 heavy (non-hydrogen) atoms. The molecule has 0 bridgehead atoms. The number of hydrogen-bond acceptors (Lipinski definition) is 6. The molecule has 1 amide bonds. The van der Waals surface area contributed by atoms with Gasteiger partial charge in [-0.3, -0.25) is 24.3 Å². The minimum absolute atomic E-state index is 0.0604. The Morgan fingerprint density at radius 2 is 2.03 bits per heavy atom. The van der Waals surface area contributed by atoms with Crippen molar-refractivity contribution < 1.29 is 4.79 Å². The van der Waals surface area contributed by atoms with Crippen LogP contribution in [0.3, 0.4) is 0 Å². The summed E-state index contributed by atoms with van der Waals surface area (Å²) in [5.74, 6) is -0.519. The van der Waals surface area contributed by atoms with Crippen LogP contribution >= 0.6 is 0 Å². The summed E-state index contributed by atoms with van der Waals surface area (Å²) in [5, 5.41) is 7.33. The molecule has 160 valence electrons. The number of carbonyl (C=O) groups excluding carboxylic acids is 1. The molecule has 0 spiro atoms. The first-order valence-electron chi connectivity index (χ1n) is 10.5. The summed E-state index contributed by atoms with van der Waals surface area (Å²) in [6.07, 6.45) is 7.10. The molecule has 0 radical (unpaired) electrons. The van der Waals surface area contributed by atoms with E-state index in [1.165, 1.54) is 0 Å². The Bertz CT molecular complexity index is 1100. The van der Waals surface area contributed by atoms with Crippen LogP contribution in [-0.4, -0.2) is 56.2 Å². The van der Waals surface area contributed by atoms with Crippen LogP contribution in [0.1, 0.15) is 47.3 Å². The number of aromatic amines is 2. The molecule has 2 aromatic rings. The topological polar surface area (TPSA) is 133 Å². The van der Waals surface area contributed by atoms with E-state index >= 15 is 0 Å². The van der Waals surface area contributed by atoms with Crippen molar-refractivity contribution in [3.8, 4) is 0 Å². The maximum atomic E-state index is 12.3. The molecule has 10 nitrogen and oxygen atoms in total. The van der Waals surface area contributed by atoms with Crippen molar-refractivity contribution in [3.63, 3.8) is 0 Å². The molecule has 1 atom stereocenters. The molecule has 0 aromatic carbocycles. The zero-order valence-electron chi connectivity index (χ0n) is 16.8. The van der Waals surface area contributed by atoms with Gasteiger partial charge in [0.2, 0.25) is 0 Å². The fraction of sp³-hybridized carbons (Fsp3) is 0.550. The number of H-pyrrole nitrogens is 2. The number of hydrogen-bond donors (Lipinski definition) is 3. The summed E-state index contributed by atoms with van der Waals surface area (Å²) < 4.78 is 1.55. The second kappa shape index (κ2) is 8.78. The average molecular weight is 414 g/mol. The number of nitrogens with one attached hydrogen (secondary N) is 3. The Morgan fingerprint density at radius 3 is 2.87 bits per heavy atom. The van der Waals surface area contributed by atoms with Crippen LogP contribution in [0.25, 0.3) is 0 Å². The molecule has 1 saturated heterocycles. The molecule has 4 rings (SSSR count). The molecule has 2 aromatic heterocycles. The summed E-state index contributed by atoms with van der Waals surface area (Å²) in [7, 11) is 0. The highest BCUT2D eigenvalue weighted by atomic mass is 16.2. The molecule has 1 aliphatic heterocycles. The van der Waals surface area contributed by atoms with Crippen molar-refractivity contribution in [1.29, 1.82) is 0 Å². The molecule has 1 fully saturated rings. The fourth-order valence-corrected chi connectivity index (χ4v) is 4.29. The predicted octanol–water partition coefficient (Wildman–Crippen LogP) is -0.607. The summed E-state index contributed by atoms with van der Waals surface area (Å²) in [6.45, 7) is 2.46. The van der Waals surface area contributed by atoms with Crippen LogP contribution in [0, 0.1) is 0 Å². The summed E-state index contributed by atoms with van der Waals surface area (Å²) >= 11 is 0. The Hall–Kier alpha value is -3.01. The highest BCUT2D eigenvalue weighted by Gasteiger charge is 2.24. The van der Waals surface area contributed by atoms with Crippen LogP contribution in [0.4, 0.5) is 0 Å². The lowest BCUT2D eigenvalue weighted by Gasteiger charge is -2.35. The lowest BCUT2D eigenvalue weighted by atomic mass is 10.0. The Kier molecular flexibility index (Phi) is 5.93. The first kappa shape index (κ1) is 20.3. The third-order valence-electron chi connectivity index (χ3n) is 5.93. The SMILES string of the molecule is O=C(NCC1CCCCN1CCn1nc2c(cc1=O)CCC2)c1c[nH]c(=O)[nH]c1=O.